The third-order valence-electron chi connectivity index (χ3n) is 5.21. The van der Waals surface area contributed by atoms with Crippen LogP contribution in [0, 0.1) is 12.8 Å². The number of nitrogens with zero attached hydrogens (tertiary/aromatic N) is 2. The van der Waals surface area contributed by atoms with Crippen molar-refractivity contribution in [1.29, 1.82) is 0 Å². The van der Waals surface area contributed by atoms with Crippen LogP contribution in [-0.2, 0) is 11.2 Å². The van der Waals surface area contributed by atoms with Gasteiger partial charge in [-0.05, 0) is 44.7 Å². The normalized spacial score (nSPS) is 19.9. The van der Waals surface area contributed by atoms with Crippen molar-refractivity contribution in [3.63, 3.8) is 0 Å². The lowest BCUT2D eigenvalue weighted by molar-refractivity contribution is -0.122. The van der Waals surface area contributed by atoms with Crippen molar-refractivity contribution in [2.45, 2.75) is 44.9 Å². The van der Waals surface area contributed by atoms with E-state index in [0.29, 0.717) is 12.5 Å². The molecule has 2 aliphatic rings. The van der Waals surface area contributed by atoms with Crippen molar-refractivity contribution in [1.82, 2.24) is 15.2 Å². The van der Waals surface area contributed by atoms with Gasteiger partial charge in [0.25, 0.3) is 5.91 Å². The summed E-state index contributed by atoms with van der Waals surface area (Å²) < 4.78 is 0. The molecule has 2 aromatic rings. The second-order valence-electron chi connectivity index (χ2n) is 7.49. The molecule has 3 heterocycles. The Labute approximate surface area is 167 Å². The molecule has 0 bridgehead atoms. The molecule has 4 rings (SSSR count). The van der Waals surface area contributed by atoms with Crippen LogP contribution in [0.4, 0.5) is 0 Å². The van der Waals surface area contributed by atoms with E-state index in [0.717, 1.165) is 60.8 Å². The Kier molecular flexibility index (Phi) is 5.59. The number of carbonyl (C=O) groups is 2. The molecule has 1 aliphatic carbocycles. The maximum absolute atomic E-state index is 12.7. The Bertz CT molecular complexity index is 825. The first kappa shape index (κ1) is 18.6. The lowest BCUT2D eigenvalue weighted by atomic mass is 9.98. The van der Waals surface area contributed by atoms with Crippen LogP contribution in [0.15, 0.2) is 17.5 Å². The number of aromatic nitrogens is 1. The van der Waals surface area contributed by atoms with Gasteiger partial charge < -0.3 is 10.2 Å². The molecule has 1 saturated heterocycles. The molecular weight excluding hydrogens is 378 g/mol. The van der Waals surface area contributed by atoms with Crippen LogP contribution in [0.5, 0.6) is 0 Å². The number of thiophene rings is 1. The number of amides is 2. The molecule has 2 aromatic heterocycles. The van der Waals surface area contributed by atoms with Gasteiger partial charge in [0, 0.05) is 48.1 Å². The molecule has 2 fully saturated rings. The van der Waals surface area contributed by atoms with Gasteiger partial charge in [-0.3, -0.25) is 9.59 Å². The molecule has 0 radical (unpaired) electrons. The molecule has 1 saturated carbocycles. The van der Waals surface area contributed by atoms with E-state index >= 15 is 0 Å². The summed E-state index contributed by atoms with van der Waals surface area (Å²) in [5.74, 6) is 0.922. The van der Waals surface area contributed by atoms with Gasteiger partial charge in [-0.2, -0.15) is 0 Å². The smallest absolute Gasteiger partial charge is 0.263 e. The predicted molar refractivity (Wildman–Crippen MR) is 108 cm³/mol. The average molecular weight is 404 g/mol. The second kappa shape index (κ2) is 8.10. The monoisotopic (exact) mass is 403 g/mol. The molecule has 27 heavy (non-hydrogen) atoms. The van der Waals surface area contributed by atoms with E-state index in [9.17, 15) is 9.59 Å². The van der Waals surface area contributed by atoms with Crippen molar-refractivity contribution in [2.75, 3.05) is 19.6 Å². The molecule has 1 atom stereocenters. The van der Waals surface area contributed by atoms with Gasteiger partial charge in [0.2, 0.25) is 5.91 Å². The van der Waals surface area contributed by atoms with Gasteiger partial charge in [-0.25, -0.2) is 4.98 Å². The molecule has 0 spiro atoms. The highest BCUT2D eigenvalue weighted by molar-refractivity contribution is 7.13. The summed E-state index contributed by atoms with van der Waals surface area (Å²) in [6.45, 7) is 4.27. The number of nitrogens with one attached hydrogen (secondary N) is 1. The zero-order valence-electron chi connectivity index (χ0n) is 15.6. The van der Waals surface area contributed by atoms with Crippen LogP contribution in [0.3, 0.4) is 0 Å². The van der Waals surface area contributed by atoms with E-state index in [-0.39, 0.29) is 17.7 Å². The number of thiazole rings is 1. The minimum atomic E-state index is 0.150. The van der Waals surface area contributed by atoms with E-state index < -0.39 is 0 Å². The Morgan fingerprint density at radius 3 is 2.89 bits per heavy atom. The topological polar surface area (TPSA) is 62.3 Å². The minimum absolute atomic E-state index is 0.150. The van der Waals surface area contributed by atoms with Crippen molar-refractivity contribution in [3.05, 3.63) is 38.0 Å². The zero-order valence-corrected chi connectivity index (χ0v) is 17.2. The van der Waals surface area contributed by atoms with E-state index in [1.807, 2.05) is 24.0 Å². The summed E-state index contributed by atoms with van der Waals surface area (Å²) in [4.78, 5) is 33.2. The Hall–Kier alpha value is -1.73. The average Bonchev–Trinajstić information content (AvgIpc) is 3.28. The standard InChI is InChI=1S/C20H25N3O2S2/c1-13-4-7-17(27-13)20(25)23-10-2-3-15(11-23)19-22-16(12-26-19)8-9-21-18(24)14-5-6-14/h4,7,12,14-15H,2-3,5-6,8-11H2,1H3,(H,21,24)/t15-/m1/s1. The van der Waals surface area contributed by atoms with E-state index in [2.05, 4.69) is 10.7 Å². The van der Waals surface area contributed by atoms with Gasteiger partial charge >= 0.3 is 0 Å². The van der Waals surface area contributed by atoms with Gasteiger partial charge in [0.05, 0.1) is 15.6 Å². The van der Waals surface area contributed by atoms with Crippen LogP contribution in [0.25, 0.3) is 0 Å². The molecule has 1 N–H and O–H groups in total. The Morgan fingerprint density at radius 2 is 2.15 bits per heavy atom. The van der Waals surface area contributed by atoms with E-state index in [4.69, 9.17) is 4.98 Å². The van der Waals surface area contributed by atoms with E-state index in [1.165, 1.54) is 4.88 Å². The SMILES string of the molecule is Cc1ccc(C(=O)N2CCC[C@@H](c3nc(CCNC(=O)C4CC4)cs3)C2)s1. The molecule has 0 unspecified atom stereocenters. The number of hydrogen-bond acceptors (Lipinski definition) is 5. The van der Waals surface area contributed by atoms with Gasteiger partial charge in [-0.1, -0.05) is 0 Å². The highest BCUT2D eigenvalue weighted by Crippen LogP contribution is 2.31. The third kappa shape index (κ3) is 4.58. The van der Waals surface area contributed by atoms with Gasteiger partial charge in [-0.15, -0.1) is 22.7 Å². The fourth-order valence-electron chi connectivity index (χ4n) is 3.50. The van der Waals surface area contributed by atoms with Crippen LogP contribution >= 0.6 is 22.7 Å². The first-order valence-electron chi connectivity index (χ1n) is 9.68. The third-order valence-corrected chi connectivity index (χ3v) is 7.25. The summed E-state index contributed by atoms with van der Waals surface area (Å²) in [6.07, 6.45) is 4.95. The summed E-state index contributed by atoms with van der Waals surface area (Å²) in [6, 6.07) is 3.94. The van der Waals surface area contributed by atoms with Gasteiger partial charge in [0.1, 0.15) is 0 Å². The maximum Gasteiger partial charge on any atom is 0.263 e. The minimum Gasteiger partial charge on any atom is -0.355 e. The van der Waals surface area contributed by atoms with Crippen molar-refractivity contribution in [2.24, 2.45) is 5.92 Å². The fourth-order valence-corrected chi connectivity index (χ4v) is 5.31. The van der Waals surface area contributed by atoms with Crippen LogP contribution in [0.2, 0.25) is 0 Å². The molecule has 0 aromatic carbocycles. The van der Waals surface area contributed by atoms with E-state index in [1.54, 1.807) is 22.7 Å². The van der Waals surface area contributed by atoms with Crippen LogP contribution in [-0.4, -0.2) is 41.3 Å². The summed E-state index contributed by atoms with van der Waals surface area (Å²) in [7, 11) is 0. The first-order valence-corrected chi connectivity index (χ1v) is 11.4. The molecule has 7 heteroatoms. The largest absolute Gasteiger partial charge is 0.355 e. The van der Waals surface area contributed by atoms with Crippen molar-refractivity contribution in [3.8, 4) is 0 Å². The number of hydrogen-bond donors (Lipinski definition) is 1. The summed E-state index contributed by atoms with van der Waals surface area (Å²) in [5, 5.41) is 6.22. The maximum atomic E-state index is 12.7. The van der Waals surface area contributed by atoms with Crippen molar-refractivity contribution < 1.29 is 9.59 Å². The molecule has 5 nitrogen and oxygen atoms in total. The Morgan fingerprint density at radius 1 is 1.30 bits per heavy atom. The number of carbonyl (C=O) groups excluding carboxylic acids is 2. The van der Waals surface area contributed by atoms with Crippen LogP contribution in [0.1, 0.15) is 56.9 Å². The highest BCUT2D eigenvalue weighted by Gasteiger charge is 2.29. The van der Waals surface area contributed by atoms with Crippen molar-refractivity contribution >= 4 is 34.5 Å². The lowest BCUT2D eigenvalue weighted by Gasteiger charge is -2.31. The summed E-state index contributed by atoms with van der Waals surface area (Å²) >= 11 is 3.26. The quantitative estimate of drug-likeness (QED) is 0.802. The Balaban J connectivity index is 1.32. The number of aryl methyl sites for hydroxylation is 1. The van der Waals surface area contributed by atoms with Crippen LogP contribution < -0.4 is 5.32 Å². The number of piperidine rings is 1. The predicted octanol–water partition coefficient (Wildman–Crippen LogP) is 3.60. The second-order valence-corrected chi connectivity index (χ2v) is 9.67. The zero-order chi connectivity index (χ0) is 18.8. The molecule has 2 amide bonds. The molecule has 1 aliphatic heterocycles. The summed E-state index contributed by atoms with van der Waals surface area (Å²) in [5.41, 5.74) is 1.04. The van der Waals surface area contributed by atoms with Gasteiger partial charge in [0.15, 0.2) is 0 Å². The molecular formula is C20H25N3O2S2. The highest BCUT2D eigenvalue weighted by atomic mass is 32.1. The molecule has 144 valence electrons. The number of rotatable bonds is 6. The fraction of sp³-hybridized carbons (Fsp3) is 0.550. The number of likely N-dealkylation sites (tertiary alicyclic amines) is 1. The first-order chi connectivity index (χ1) is 13.1. The lowest BCUT2D eigenvalue weighted by Crippen LogP contribution is -2.38.